The fourth-order valence-corrected chi connectivity index (χ4v) is 2.34. The molecule has 0 unspecified atom stereocenters. The number of fused-ring (bicyclic) bond motifs is 2. The van der Waals surface area contributed by atoms with Crippen LogP contribution in [-0.2, 0) is 5.54 Å². The van der Waals surface area contributed by atoms with E-state index in [1.807, 2.05) is 0 Å². The molecule has 2 nitrogen and oxygen atoms in total. The minimum Gasteiger partial charge on any atom is -0.493 e. The van der Waals surface area contributed by atoms with Gasteiger partial charge in [0, 0.05) is 12.0 Å². The highest BCUT2D eigenvalue weighted by molar-refractivity contribution is 5.42. The second-order valence-corrected chi connectivity index (χ2v) is 4.00. The smallest absolute Gasteiger partial charge is 0.124 e. The Kier molecular flexibility index (Phi) is 1.59. The van der Waals surface area contributed by atoms with E-state index < -0.39 is 0 Å². The molecule has 1 aromatic carbocycles. The molecule has 1 N–H and O–H groups in total. The van der Waals surface area contributed by atoms with Crippen molar-refractivity contribution in [3.63, 3.8) is 0 Å². The molecule has 74 valence electrons. The van der Waals surface area contributed by atoms with E-state index in [9.17, 15) is 4.39 Å². The Labute approximate surface area is 82.1 Å². The van der Waals surface area contributed by atoms with Gasteiger partial charge in [0.05, 0.1) is 12.1 Å². The van der Waals surface area contributed by atoms with Gasteiger partial charge in [-0.1, -0.05) is 0 Å². The van der Waals surface area contributed by atoms with Gasteiger partial charge in [-0.3, -0.25) is 0 Å². The largest absolute Gasteiger partial charge is 0.493 e. The van der Waals surface area contributed by atoms with Gasteiger partial charge < -0.3 is 10.1 Å². The molecular formula is C11H12FNO. The number of hydrogen-bond acceptors (Lipinski definition) is 2. The SMILES string of the molecule is Fc1ccc2c(c1)[C@]1(CCN1)CCO2. The van der Waals surface area contributed by atoms with Crippen LogP contribution >= 0.6 is 0 Å². The monoisotopic (exact) mass is 193 g/mol. The molecular weight excluding hydrogens is 181 g/mol. The highest BCUT2D eigenvalue weighted by Crippen LogP contribution is 2.43. The first-order valence-electron chi connectivity index (χ1n) is 4.98. The molecule has 0 radical (unpaired) electrons. The van der Waals surface area contributed by atoms with Crippen molar-refractivity contribution in [1.82, 2.24) is 5.32 Å². The molecule has 1 fully saturated rings. The fraction of sp³-hybridized carbons (Fsp3) is 0.455. The number of benzene rings is 1. The van der Waals surface area contributed by atoms with E-state index in [0.29, 0.717) is 0 Å². The summed E-state index contributed by atoms with van der Waals surface area (Å²) >= 11 is 0. The molecule has 0 saturated carbocycles. The van der Waals surface area contributed by atoms with E-state index in [2.05, 4.69) is 5.32 Å². The topological polar surface area (TPSA) is 21.3 Å². The molecule has 3 rings (SSSR count). The lowest BCUT2D eigenvalue weighted by Gasteiger charge is -2.46. The van der Waals surface area contributed by atoms with Gasteiger partial charge in [0.2, 0.25) is 0 Å². The molecule has 1 saturated heterocycles. The van der Waals surface area contributed by atoms with Crippen molar-refractivity contribution in [2.75, 3.05) is 13.2 Å². The zero-order valence-corrected chi connectivity index (χ0v) is 7.85. The second kappa shape index (κ2) is 2.70. The molecule has 1 spiro atoms. The van der Waals surface area contributed by atoms with E-state index >= 15 is 0 Å². The predicted molar refractivity (Wildman–Crippen MR) is 50.8 cm³/mol. The van der Waals surface area contributed by atoms with Gasteiger partial charge in [-0.15, -0.1) is 0 Å². The van der Waals surface area contributed by atoms with Gasteiger partial charge in [0.15, 0.2) is 0 Å². The standard InChI is InChI=1S/C11H12FNO/c12-8-1-2-10-9(7-8)11(3-5-13-11)4-6-14-10/h1-2,7,13H,3-6H2/t11-/m0/s1. The summed E-state index contributed by atoms with van der Waals surface area (Å²) in [5, 5.41) is 3.40. The highest BCUT2D eigenvalue weighted by atomic mass is 19.1. The van der Waals surface area contributed by atoms with Crippen molar-refractivity contribution in [1.29, 1.82) is 0 Å². The third kappa shape index (κ3) is 0.989. The number of rotatable bonds is 0. The van der Waals surface area contributed by atoms with Crippen LogP contribution in [0.1, 0.15) is 18.4 Å². The normalized spacial score (nSPS) is 29.2. The van der Waals surface area contributed by atoms with Crippen molar-refractivity contribution < 1.29 is 9.13 Å². The summed E-state index contributed by atoms with van der Waals surface area (Å²) in [6.45, 7) is 1.75. The number of halogens is 1. The summed E-state index contributed by atoms with van der Waals surface area (Å²) in [4.78, 5) is 0. The Morgan fingerprint density at radius 1 is 1.36 bits per heavy atom. The van der Waals surface area contributed by atoms with E-state index in [0.717, 1.165) is 37.3 Å². The molecule has 1 aromatic rings. The van der Waals surface area contributed by atoms with Gasteiger partial charge >= 0.3 is 0 Å². The summed E-state index contributed by atoms with van der Waals surface area (Å²) in [6.07, 6.45) is 2.04. The quantitative estimate of drug-likeness (QED) is 0.678. The minimum absolute atomic E-state index is 0.00961. The first-order chi connectivity index (χ1) is 6.80. The van der Waals surface area contributed by atoms with E-state index in [4.69, 9.17) is 4.74 Å². The van der Waals surface area contributed by atoms with Crippen LogP contribution in [0.15, 0.2) is 18.2 Å². The predicted octanol–water partition coefficient (Wildman–Crippen LogP) is 1.80. The maximum absolute atomic E-state index is 13.1. The number of ether oxygens (including phenoxy) is 1. The number of nitrogens with one attached hydrogen (secondary N) is 1. The van der Waals surface area contributed by atoms with Crippen LogP contribution < -0.4 is 10.1 Å². The third-order valence-corrected chi connectivity index (χ3v) is 3.26. The number of hydrogen-bond donors (Lipinski definition) is 1. The maximum Gasteiger partial charge on any atom is 0.124 e. The van der Waals surface area contributed by atoms with Crippen LogP contribution in [0.5, 0.6) is 5.75 Å². The Morgan fingerprint density at radius 2 is 2.21 bits per heavy atom. The first kappa shape index (κ1) is 8.24. The molecule has 0 aromatic heterocycles. The minimum atomic E-state index is -0.178. The summed E-state index contributed by atoms with van der Waals surface area (Å²) in [7, 11) is 0. The lowest BCUT2D eigenvalue weighted by molar-refractivity contribution is 0.122. The van der Waals surface area contributed by atoms with Gasteiger partial charge in [-0.05, 0) is 31.2 Å². The Morgan fingerprint density at radius 3 is 2.93 bits per heavy atom. The molecule has 0 aliphatic carbocycles. The van der Waals surface area contributed by atoms with Crippen LogP contribution in [-0.4, -0.2) is 13.2 Å². The average Bonchev–Trinajstić information content (AvgIpc) is 2.14. The van der Waals surface area contributed by atoms with Crippen molar-refractivity contribution in [2.45, 2.75) is 18.4 Å². The zero-order chi connectivity index (χ0) is 9.60. The van der Waals surface area contributed by atoms with Gasteiger partial charge in [0.1, 0.15) is 11.6 Å². The lowest BCUT2D eigenvalue weighted by Crippen LogP contribution is -2.56. The van der Waals surface area contributed by atoms with Crippen molar-refractivity contribution in [3.05, 3.63) is 29.6 Å². The van der Waals surface area contributed by atoms with Crippen LogP contribution in [0.2, 0.25) is 0 Å². The van der Waals surface area contributed by atoms with Crippen molar-refractivity contribution >= 4 is 0 Å². The Balaban J connectivity index is 2.12. The molecule has 2 heterocycles. The molecule has 2 aliphatic rings. The molecule has 14 heavy (non-hydrogen) atoms. The van der Waals surface area contributed by atoms with Crippen LogP contribution in [0, 0.1) is 5.82 Å². The average molecular weight is 193 g/mol. The van der Waals surface area contributed by atoms with Crippen LogP contribution in [0.3, 0.4) is 0 Å². The molecule has 2 aliphatic heterocycles. The third-order valence-electron chi connectivity index (χ3n) is 3.26. The van der Waals surface area contributed by atoms with Crippen molar-refractivity contribution in [2.24, 2.45) is 0 Å². The van der Waals surface area contributed by atoms with Crippen LogP contribution in [0.4, 0.5) is 4.39 Å². The van der Waals surface area contributed by atoms with E-state index in [-0.39, 0.29) is 11.4 Å². The molecule has 0 amide bonds. The Bertz CT molecular complexity index is 374. The van der Waals surface area contributed by atoms with Gasteiger partial charge in [0.25, 0.3) is 0 Å². The van der Waals surface area contributed by atoms with Gasteiger partial charge in [-0.2, -0.15) is 0 Å². The highest BCUT2D eigenvalue weighted by Gasteiger charge is 2.42. The summed E-state index contributed by atoms with van der Waals surface area (Å²) in [6, 6.07) is 4.78. The summed E-state index contributed by atoms with van der Waals surface area (Å²) < 4.78 is 18.6. The van der Waals surface area contributed by atoms with E-state index in [1.165, 1.54) is 6.07 Å². The summed E-state index contributed by atoms with van der Waals surface area (Å²) in [5.41, 5.74) is 1.00. The zero-order valence-electron chi connectivity index (χ0n) is 7.85. The van der Waals surface area contributed by atoms with E-state index in [1.54, 1.807) is 12.1 Å². The molecule has 1 atom stereocenters. The maximum atomic E-state index is 13.1. The molecule has 0 bridgehead atoms. The van der Waals surface area contributed by atoms with Gasteiger partial charge in [-0.25, -0.2) is 4.39 Å². The fourth-order valence-electron chi connectivity index (χ4n) is 2.34. The molecule has 3 heteroatoms. The van der Waals surface area contributed by atoms with Crippen molar-refractivity contribution in [3.8, 4) is 5.75 Å². The lowest BCUT2D eigenvalue weighted by atomic mass is 9.77. The Hall–Kier alpha value is -1.09. The van der Waals surface area contributed by atoms with Crippen LogP contribution in [0.25, 0.3) is 0 Å². The first-order valence-corrected chi connectivity index (χ1v) is 4.98. The second-order valence-electron chi connectivity index (χ2n) is 4.00. The summed E-state index contributed by atoms with van der Waals surface area (Å²) in [5.74, 6) is 0.659.